The number of hydrogen-bond acceptors (Lipinski definition) is 4. The molecule has 0 aliphatic heterocycles. The average Bonchev–Trinajstić information content (AvgIpc) is 2.49. The normalized spacial score (nSPS) is 11.4. The van der Waals surface area contributed by atoms with Gasteiger partial charge in [0.25, 0.3) is 5.56 Å². The van der Waals surface area contributed by atoms with Gasteiger partial charge in [-0.15, -0.1) is 0 Å². The van der Waals surface area contributed by atoms with E-state index in [4.69, 9.17) is 5.11 Å². The van der Waals surface area contributed by atoms with E-state index in [-0.39, 0.29) is 12.8 Å². The van der Waals surface area contributed by atoms with Crippen LogP contribution in [0.15, 0.2) is 33.9 Å². The number of nitrogens with zero attached hydrogens (tertiary/aromatic N) is 1. The first-order valence-electron chi connectivity index (χ1n) is 7.44. The van der Waals surface area contributed by atoms with Gasteiger partial charge in [-0.05, 0) is 32.4 Å². The summed E-state index contributed by atoms with van der Waals surface area (Å²) in [5.74, 6) is -1.49. The van der Waals surface area contributed by atoms with Crippen molar-refractivity contribution in [2.45, 2.75) is 38.8 Å². The van der Waals surface area contributed by atoms with Gasteiger partial charge in [-0.25, -0.2) is 4.79 Å². The van der Waals surface area contributed by atoms with E-state index < -0.39 is 35.2 Å². The highest BCUT2D eigenvalue weighted by molar-refractivity contribution is 5.79. The molecule has 8 nitrogen and oxygen atoms in total. The second kappa shape index (κ2) is 6.69. The van der Waals surface area contributed by atoms with Crippen LogP contribution < -0.4 is 16.6 Å². The Bertz CT molecular complexity index is 894. The number of aliphatic carboxylic acids is 1. The van der Waals surface area contributed by atoms with Crippen molar-refractivity contribution < 1.29 is 14.7 Å². The molecule has 0 aliphatic carbocycles. The predicted molar refractivity (Wildman–Crippen MR) is 87.9 cm³/mol. The molecule has 0 radical (unpaired) electrons. The van der Waals surface area contributed by atoms with E-state index in [1.54, 1.807) is 38.1 Å². The Labute approximate surface area is 137 Å². The van der Waals surface area contributed by atoms with Crippen LogP contribution in [0.2, 0.25) is 0 Å². The first kappa shape index (κ1) is 17.5. The Hall–Kier alpha value is -2.90. The number of carbonyl (C=O) groups excluding carboxylic acids is 1. The number of hydrogen-bond donors (Lipinski definition) is 3. The van der Waals surface area contributed by atoms with Gasteiger partial charge in [0, 0.05) is 12.0 Å². The van der Waals surface area contributed by atoms with Crippen LogP contribution in [0.3, 0.4) is 0 Å². The first-order valence-corrected chi connectivity index (χ1v) is 7.44. The summed E-state index contributed by atoms with van der Waals surface area (Å²) in [6.45, 7) is 2.93. The molecule has 0 spiro atoms. The Morgan fingerprint density at radius 2 is 1.92 bits per heavy atom. The molecule has 0 atom stereocenters. The largest absolute Gasteiger partial charge is 0.481 e. The fourth-order valence-corrected chi connectivity index (χ4v) is 2.39. The molecule has 8 heteroatoms. The zero-order valence-electron chi connectivity index (χ0n) is 13.5. The van der Waals surface area contributed by atoms with Crippen molar-refractivity contribution >= 4 is 22.8 Å². The van der Waals surface area contributed by atoms with Gasteiger partial charge in [-0.1, -0.05) is 12.1 Å². The number of nitrogens with one attached hydrogen (secondary N) is 2. The summed E-state index contributed by atoms with van der Waals surface area (Å²) < 4.78 is 0.824. The van der Waals surface area contributed by atoms with E-state index in [2.05, 4.69) is 10.3 Å². The van der Waals surface area contributed by atoms with Crippen molar-refractivity contribution in [3.63, 3.8) is 0 Å². The molecule has 0 unspecified atom stereocenters. The molecule has 0 saturated heterocycles. The molecule has 0 saturated carbocycles. The smallest absolute Gasteiger partial charge is 0.329 e. The lowest BCUT2D eigenvalue weighted by atomic mass is 9.98. The summed E-state index contributed by atoms with van der Waals surface area (Å²) >= 11 is 0. The third-order valence-electron chi connectivity index (χ3n) is 3.63. The number of H-pyrrole nitrogens is 1. The maximum absolute atomic E-state index is 12.4. The monoisotopic (exact) mass is 333 g/mol. The molecule has 2 aromatic rings. The third-order valence-corrected chi connectivity index (χ3v) is 3.63. The molecule has 1 amide bonds. The number of para-hydroxylation sites is 1. The van der Waals surface area contributed by atoms with E-state index >= 15 is 0 Å². The SMILES string of the molecule is CC(C)(CCC(=O)O)NC(=O)Cn1c(=O)[nH]c2ccccc2c1=O. The van der Waals surface area contributed by atoms with Crippen molar-refractivity contribution in [1.29, 1.82) is 0 Å². The van der Waals surface area contributed by atoms with E-state index in [0.717, 1.165) is 4.57 Å². The molecule has 1 heterocycles. The zero-order valence-corrected chi connectivity index (χ0v) is 13.5. The first-order chi connectivity index (χ1) is 11.2. The maximum atomic E-state index is 12.4. The minimum atomic E-state index is -0.959. The molecule has 0 bridgehead atoms. The van der Waals surface area contributed by atoms with Crippen LogP contribution in [-0.4, -0.2) is 32.1 Å². The lowest BCUT2D eigenvalue weighted by Crippen LogP contribution is -2.48. The van der Waals surface area contributed by atoms with Crippen LogP contribution in [0.25, 0.3) is 10.9 Å². The van der Waals surface area contributed by atoms with E-state index in [9.17, 15) is 19.2 Å². The minimum absolute atomic E-state index is 0.0935. The zero-order chi connectivity index (χ0) is 17.9. The fraction of sp³-hybridized carbons (Fsp3) is 0.375. The lowest BCUT2D eigenvalue weighted by molar-refractivity contribution is -0.137. The fourth-order valence-electron chi connectivity index (χ4n) is 2.39. The van der Waals surface area contributed by atoms with E-state index in [1.165, 1.54) is 0 Å². The molecule has 24 heavy (non-hydrogen) atoms. The maximum Gasteiger partial charge on any atom is 0.329 e. The highest BCUT2D eigenvalue weighted by Crippen LogP contribution is 2.11. The minimum Gasteiger partial charge on any atom is -0.481 e. The summed E-state index contributed by atoms with van der Waals surface area (Å²) in [6.07, 6.45) is 0.140. The van der Waals surface area contributed by atoms with Crippen LogP contribution in [0.4, 0.5) is 0 Å². The number of benzene rings is 1. The average molecular weight is 333 g/mol. The number of aromatic nitrogens is 2. The van der Waals surface area contributed by atoms with Crippen molar-refractivity contribution in [2.24, 2.45) is 0 Å². The number of amides is 1. The Morgan fingerprint density at radius 3 is 2.58 bits per heavy atom. The van der Waals surface area contributed by atoms with Crippen molar-refractivity contribution in [1.82, 2.24) is 14.9 Å². The van der Waals surface area contributed by atoms with Crippen molar-refractivity contribution in [3.05, 3.63) is 45.1 Å². The van der Waals surface area contributed by atoms with Crippen molar-refractivity contribution in [2.75, 3.05) is 0 Å². The van der Waals surface area contributed by atoms with Crippen LogP contribution in [0.5, 0.6) is 0 Å². The summed E-state index contributed by atoms with van der Waals surface area (Å²) in [5.41, 5.74) is -1.57. The topological polar surface area (TPSA) is 121 Å². The molecular formula is C16H19N3O5. The van der Waals surface area contributed by atoms with Gasteiger partial charge in [0.1, 0.15) is 6.54 Å². The number of aromatic amines is 1. The highest BCUT2D eigenvalue weighted by Gasteiger charge is 2.22. The van der Waals surface area contributed by atoms with Gasteiger partial charge in [0.05, 0.1) is 10.9 Å². The predicted octanol–water partition coefficient (Wildman–Crippen LogP) is 0.449. The van der Waals surface area contributed by atoms with Crippen LogP contribution in [0, 0.1) is 0 Å². The number of carboxylic acid groups (broad SMARTS) is 1. The molecule has 1 aromatic heterocycles. The standard InChI is InChI=1S/C16H19N3O5/c1-16(2,8-7-13(21)22)18-12(20)9-19-14(23)10-5-3-4-6-11(10)17-15(19)24/h3-6H,7-9H2,1-2H3,(H,17,24)(H,18,20)(H,21,22). The van der Waals surface area contributed by atoms with E-state index in [1.807, 2.05) is 0 Å². The summed E-state index contributed by atoms with van der Waals surface area (Å²) in [7, 11) is 0. The number of carboxylic acids is 1. The Morgan fingerprint density at radius 1 is 1.25 bits per heavy atom. The van der Waals surface area contributed by atoms with Crippen LogP contribution in [-0.2, 0) is 16.1 Å². The highest BCUT2D eigenvalue weighted by atomic mass is 16.4. The molecule has 128 valence electrons. The van der Waals surface area contributed by atoms with Crippen LogP contribution >= 0.6 is 0 Å². The Kier molecular flexibility index (Phi) is 4.87. The third kappa shape index (κ3) is 4.09. The van der Waals surface area contributed by atoms with Crippen LogP contribution in [0.1, 0.15) is 26.7 Å². The molecule has 1 aromatic carbocycles. The van der Waals surface area contributed by atoms with Gasteiger partial charge < -0.3 is 15.4 Å². The second-order valence-corrected chi connectivity index (χ2v) is 6.19. The molecular weight excluding hydrogens is 314 g/mol. The van der Waals surface area contributed by atoms with Gasteiger partial charge in [-0.2, -0.15) is 0 Å². The molecule has 2 rings (SSSR count). The lowest BCUT2D eigenvalue weighted by Gasteiger charge is -2.25. The summed E-state index contributed by atoms with van der Waals surface area (Å²) in [6, 6.07) is 6.54. The second-order valence-electron chi connectivity index (χ2n) is 6.19. The van der Waals surface area contributed by atoms with Gasteiger partial charge >= 0.3 is 11.7 Å². The quantitative estimate of drug-likeness (QED) is 0.708. The van der Waals surface area contributed by atoms with Crippen molar-refractivity contribution in [3.8, 4) is 0 Å². The number of rotatable bonds is 6. The van der Waals surface area contributed by atoms with Gasteiger partial charge in [0.15, 0.2) is 0 Å². The molecule has 0 aliphatic rings. The number of fused-ring (bicyclic) bond motifs is 1. The Balaban J connectivity index is 2.20. The molecule has 0 fully saturated rings. The number of carbonyl (C=O) groups is 2. The molecule has 3 N–H and O–H groups in total. The summed E-state index contributed by atoms with van der Waals surface area (Å²) in [5, 5.41) is 11.7. The van der Waals surface area contributed by atoms with E-state index in [0.29, 0.717) is 10.9 Å². The van der Waals surface area contributed by atoms with Gasteiger partial charge in [0.2, 0.25) is 5.91 Å². The summed E-state index contributed by atoms with van der Waals surface area (Å²) in [4.78, 5) is 49.7. The van der Waals surface area contributed by atoms with Gasteiger partial charge in [-0.3, -0.25) is 19.0 Å².